The van der Waals surface area contributed by atoms with Crippen LogP contribution in [-0.4, -0.2) is 37.2 Å². The Balaban J connectivity index is 4.32. The Bertz CT molecular complexity index is 826. The van der Waals surface area contributed by atoms with E-state index < -0.39 is 6.10 Å². The molecule has 0 fully saturated rings. The number of hydrogen-bond donors (Lipinski definition) is 0. The normalized spacial score (nSPS) is 12.6. The summed E-state index contributed by atoms with van der Waals surface area (Å²) < 4.78 is 16.7. The molecular weight excluding hydrogens is 673 g/mol. The van der Waals surface area contributed by atoms with Gasteiger partial charge in [-0.15, -0.1) is 0 Å². The molecule has 0 aliphatic rings. The summed E-state index contributed by atoms with van der Waals surface area (Å²) in [4.78, 5) is 37.7. The van der Waals surface area contributed by atoms with Crippen LogP contribution in [-0.2, 0) is 28.6 Å². The average molecular weight is 765 g/mol. The zero-order valence-corrected chi connectivity index (χ0v) is 36.8. The number of esters is 3. The predicted octanol–water partition coefficient (Wildman–Crippen LogP) is 15.0. The first-order valence-corrected chi connectivity index (χ1v) is 23.8. The number of carbonyl (C=O) groups excluding carboxylic acids is 3. The maximum absolute atomic E-state index is 12.7. The molecule has 2 atom stereocenters. The third kappa shape index (κ3) is 40.1. The van der Waals surface area contributed by atoms with Gasteiger partial charge in [0.05, 0.1) is 0 Å². The van der Waals surface area contributed by atoms with E-state index in [1.54, 1.807) is 0 Å². The van der Waals surface area contributed by atoms with Crippen LogP contribution in [0, 0.1) is 11.8 Å². The van der Waals surface area contributed by atoms with Crippen molar-refractivity contribution >= 4 is 17.9 Å². The quantitative estimate of drug-likeness (QED) is 0.0350. The molecule has 0 aromatic carbocycles. The minimum Gasteiger partial charge on any atom is -0.462 e. The van der Waals surface area contributed by atoms with Crippen LogP contribution in [0.3, 0.4) is 0 Å². The van der Waals surface area contributed by atoms with Crippen molar-refractivity contribution in [3.8, 4) is 0 Å². The molecule has 6 nitrogen and oxygen atoms in total. The van der Waals surface area contributed by atoms with Gasteiger partial charge in [-0.05, 0) is 31.1 Å². The Kier molecular flexibility index (Phi) is 39.8. The lowest BCUT2D eigenvalue weighted by molar-refractivity contribution is -0.167. The second-order valence-corrected chi connectivity index (χ2v) is 17.1. The molecule has 0 aromatic rings. The molecule has 0 spiro atoms. The van der Waals surface area contributed by atoms with Gasteiger partial charge in [-0.3, -0.25) is 14.4 Å². The van der Waals surface area contributed by atoms with E-state index in [4.69, 9.17) is 14.2 Å². The molecule has 0 radical (unpaired) electrons. The summed E-state index contributed by atoms with van der Waals surface area (Å²) in [5.74, 6) is 0.829. The van der Waals surface area contributed by atoms with Gasteiger partial charge in [-0.1, -0.05) is 221 Å². The topological polar surface area (TPSA) is 78.9 Å². The van der Waals surface area contributed by atoms with E-state index in [1.807, 2.05) is 0 Å². The Morgan fingerprint density at radius 3 is 1.06 bits per heavy atom. The van der Waals surface area contributed by atoms with Crippen LogP contribution in [0.1, 0.15) is 259 Å². The van der Waals surface area contributed by atoms with Gasteiger partial charge in [0.25, 0.3) is 0 Å². The molecule has 0 aromatic heterocycles. The van der Waals surface area contributed by atoms with E-state index in [1.165, 1.54) is 148 Å². The van der Waals surface area contributed by atoms with Crippen LogP contribution >= 0.6 is 0 Å². The van der Waals surface area contributed by atoms with Crippen LogP contribution in [0.15, 0.2) is 0 Å². The van der Waals surface area contributed by atoms with Gasteiger partial charge in [0.2, 0.25) is 0 Å². The molecule has 6 heteroatoms. The fourth-order valence-electron chi connectivity index (χ4n) is 7.07. The van der Waals surface area contributed by atoms with Gasteiger partial charge >= 0.3 is 17.9 Å². The first-order valence-electron chi connectivity index (χ1n) is 23.8. The molecule has 0 heterocycles. The molecule has 1 unspecified atom stereocenters. The Morgan fingerprint density at radius 2 is 0.704 bits per heavy atom. The lowest BCUT2D eigenvalue weighted by Crippen LogP contribution is -2.30. The fourth-order valence-corrected chi connectivity index (χ4v) is 7.07. The molecule has 0 rings (SSSR count). The fraction of sp³-hybridized carbons (Fsp3) is 0.938. The summed E-state index contributed by atoms with van der Waals surface area (Å²) in [5, 5.41) is 0. The summed E-state index contributed by atoms with van der Waals surface area (Å²) in [5.41, 5.74) is 0. The number of carbonyl (C=O) groups is 3. The predicted molar refractivity (Wildman–Crippen MR) is 229 cm³/mol. The van der Waals surface area contributed by atoms with Crippen molar-refractivity contribution in [1.29, 1.82) is 0 Å². The summed E-state index contributed by atoms with van der Waals surface area (Å²) >= 11 is 0. The van der Waals surface area contributed by atoms with Crippen molar-refractivity contribution in [3.63, 3.8) is 0 Å². The number of hydrogen-bond acceptors (Lipinski definition) is 6. The molecule has 0 saturated carbocycles. The smallest absolute Gasteiger partial charge is 0.306 e. The summed E-state index contributed by atoms with van der Waals surface area (Å²) in [6.45, 7) is 11.3. The summed E-state index contributed by atoms with van der Waals surface area (Å²) in [7, 11) is 0. The first kappa shape index (κ1) is 52.4. The van der Waals surface area contributed by atoms with Crippen molar-refractivity contribution in [2.24, 2.45) is 11.8 Å². The zero-order valence-electron chi connectivity index (χ0n) is 36.8. The van der Waals surface area contributed by atoms with E-state index in [0.29, 0.717) is 19.3 Å². The van der Waals surface area contributed by atoms with Crippen molar-refractivity contribution in [1.82, 2.24) is 0 Å². The highest BCUT2D eigenvalue weighted by Gasteiger charge is 2.19. The average Bonchev–Trinajstić information content (AvgIpc) is 3.15. The molecule has 320 valence electrons. The molecule has 0 saturated heterocycles. The van der Waals surface area contributed by atoms with Crippen molar-refractivity contribution < 1.29 is 28.6 Å². The third-order valence-corrected chi connectivity index (χ3v) is 11.1. The van der Waals surface area contributed by atoms with E-state index in [-0.39, 0.29) is 31.1 Å². The highest BCUT2D eigenvalue weighted by molar-refractivity contribution is 5.71. The van der Waals surface area contributed by atoms with Gasteiger partial charge in [-0.2, -0.15) is 0 Å². The Morgan fingerprint density at radius 1 is 0.389 bits per heavy atom. The minimum absolute atomic E-state index is 0.0648. The van der Waals surface area contributed by atoms with Crippen LogP contribution in [0.4, 0.5) is 0 Å². The van der Waals surface area contributed by atoms with Crippen LogP contribution in [0.5, 0.6) is 0 Å². The van der Waals surface area contributed by atoms with E-state index in [9.17, 15) is 14.4 Å². The lowest BCUT2D eigenvalue weighted by Gasteiger charge is -2.18. The van der Waals surface area contributed by atoms with Crippen molar-refractivity contribution in [3.05, 3.63) is 0 Å². The molecule has 0 bridgehead atoms. The van der Waals surface area contributed by atoms with Crippen LogP contribution in [0.25, 0.3) is 0 Å². The first-order chi connectivity index (χ1) is 26.3. The highest BCUT2D eigenvalue weighted by atomic mass is 16.6. The maximum atomic E-state index is 12.7. The Hall–Kier alpha value is -1.59. The summed E-state index contributed by atoms with van der Waals surface area (Å²) in [6.07, 6.45) is 39.4. The molecular formula is C48H92O6. The molecule has 0 aliphatic carbocycles. The van der Waals surface area contributed by atoms with Gasteiger partial charge in [0, 0.05) is 19.3 Å². The SMILES string of the molecule is CCCCCCCCCCCC(=O)OC[C@@H](COC(=O)CCCCCCCCCCCCC(C)C)OC(=O)CCCCCCCCCCCCC(C)CC. The number of rotatable bonds is 42. The third-order valence-electron chi connectivity index (χ3n) is 11.1. The molecule has 0 N–H and O–H groups in total. The zero-order chi connectivity index (χ0) is 39.7. The largest absolute Gasteiger partial charge is 0.462 e. The highest BCUT2D eigenvalue weighted by Crippen LogP contribution is 2.17. The number of ether oxygens (including phenoxy) is 3. The molecule has 0 amide bonds. The van der Waals surface area contributed by atoms with E-state index in [0.717, 1.165) is 69.6 Å². The van der Waals surface area contributed by atoms with Gasteiger partial charge < -0.3 is 14.2 Å². The van der Waals surface area contributed by atoms with Crippen LogP contribution < -0.4 is 0 Å². The van der Waals surface area contributed by atoms with Crippen molar-refractivity contribution in [2.75, 3.05) is 13.2 Å². The Labute approximate surface area is 336 Å². The second-order valence-electron chi connectivity index (χ2n) is 17.1. The van der Waals surface area contributed by atoms with E-state index >= 15 is 0 Å². The van der Waals surface area contributed by atoms with Crippen molar-refractivity contribution in [2.45, 2.75) is 265 Å². The van der Waals surface area contributed by atoms with E-state index in [2.05, 4.69) is 34.6 Å². The van der Waals surface area contributed by atoms with Gasteiger partial charge in [-0.25, -0.2) is 0 Å². The standard InChI is InChI=1S/C48H92O6/c1-6-8-9-10-11-16-23-28-33-38-46(49)52-41-45(42-53-47(50)39-34-29-24-19-14-12-17-21-26-31-36-43(3)4)54-48(51)40-35-30-25-20-15-13-18-22-27-32-37-44(5)7-2/h43-45H,6-42H2,1-5H3/t44?,45-/m0/s1. The lowest BCUT2D eigenvalue weighted by atomic mass is 9.99. The summed E-state index contributed by atoms with van der Waals surface area (Å²) in [6, 6.07) is 0. The monoisotopic (exact) mass is 765 g/mol. The van der Waals surface area contributed by atoms with Gasteiger partial charge in [0.15, 0.2) is 6.10 Å². The van der Waals surface area contributed by atoms with Crippen LogP contribution in [0.2, 0.25) is 0 Å². The van der Waals surface area contributed by atoms with Gasteiger partial charge in [0.1, 0.15) is 13.2 Å². The molecule has 0 aliphatic heterocycles. The number of unbranched alkanes of at least 4 members (excludes halogenated alkanes) is 26. The molecule has 54 heavy (non-hydrogen) atoms. The second kappa shape index (κ2) is 41.1. The maximum Gasteiger partial charge on any atom is 0.306 e. The minimum atomic E-state index is -0.760.